The molecule has 0 saturated heterocycles. The predicted octanol–water partition coefficient (Wildman–Crippen LogP) is 4.38. The van der Waals surface area contributed by atoms with Gasteiger partial charge in [-0.25, -0.2) is 4.79 Å². The summed E-state index contributed by atoms with van der Waals surface area (Å²) >= 11 is 0. The number of benzene rings is 2. The molecule has 0 radical (unpaired) electrons. The van der Waals surface area contributed by atoms with Crippen molar-refractivity contribution in [2.75, 3.05) is 6.61 Å². The van der Waals surface area contributed by atoms with E-state index in [4.69, 9.17) is 9.47 Å². The maximum atomic E-state index is 12.0. The van der Waals surface area contributed by atoms with E-state index in [2.05, 4.69) is 0 Å². The van der Waals surface area contributed by atoms with Crippen molar-refractivity contribution in [3.05, 3.63) is 76.9 Å². The van der Waals surface area contributed by atoms with Crippen LogP contribution in [-0.4, -0.2) is 12.6 Å². The number of hydrogen-bond donors (Lipinski definition) is 0. The van der Waals surface area contributed by atoms with Gasteiger partial charge < -0.3 is 9.47 Å². The van der Waals surface area contributed by atoms with Crippen molar-refractivity contribution in [3.8, 4) is 5.75 Å². The maximum Gasteiger partial charge on any atom is 0.343 e. The van der Waals surface area contributed by atoms with Gasteiger partial charge in [-0.05, 0) is 43.7 Å². The third-order valence-corrected chi connectivity index (χ3v) is 3.57. The molecule has 3 nitrogen and oxygen atoms in total. The lowest BCUT2D eigenvalue weighted by atomic mass is 10.1. The number of esters is 1. The predicted molar refractivity (Wildman–Crippen MR) is 90.8 cm³/mol. The molecule has 0 saturated carbocycles. The van der Waals surface area contributed by atoms with E-state index in [9.17, 15) is 4.79 Å². The minimum atomic E-state index is -0.325. The summed E-state index contributed by atoms with van der Waals surface area (Å²) in [4.78, 5) is 12.0. The zero-order valence-corrected chi connectivity index (χ0v) is 13.2. The van der Waals surface area contributed by atoms with Gasteiger partial charge in [0.15, 0.2) is 0 Å². The van der Waals surface area contributed by atoms with Crippen molar-refractivity contribution in [2.24, 2.45) is 0 Å². The first kappa shape index (κ1) is 15.1. The van der Waals surface area contributed by atoms with E-state index < -0.39 is 0 Å². The summed E-state index contributed by atoms with van der Waals surface area (Å²) in [5.41, 5.74) is 3.55. The van der Waals surface area contributed by atoms with E-state index >= 15 is 0 Å². The Hall–Kier alpha value is -2.81. The van der Waals surface area contributed by atoms with Crippen LogP contribution in [0.4, 0.5) is 0 Å². The van der Waals surface area contributed by atoms with E-state index in [1.54, 1.807) is 6.08 Å². The minimum absolute atomic E-state index is 0.325. The van der Waals surface area contributed by atoms with Gasteiger partial charge in [0.05, 0.1) is 12.2 Å². The van der Waals surface area contributed by atoms with Gasteiger partial charge in [0.2, 0.25) is 0 Å². The zero-order valence-electron chi connectivity index (χ0n) is 13.2. The van der Waals surface area contributed by atoms with Crippen LogP contribution in [0.25, 0.3) is 11.8 Å². The van der Waals surface area contributed by atoms with Crippen LogP contribution >= 0.6 is 0 Å². The maximum absolute atomic E-state index is 12.0. The molecule has 0 aliphatic carbocycles. The third-order valence-electron chi connectivity index (χ3n) is 3.57. The van der Waals surface area contributed by atoms with Crippen molar-refractivity contribution < 1.29 is 14.3 Å². The van der Waals surface area contributed by atoms with Crippen molar-refractivity contribution in [1.29, 1.82) is 0 Å². The molecule has 0 aromatic heterocycles. The zero-order chi connectivity index (χ0) is 16.2. The monoisotopic (exact) mass is 306 g/mol. The smallest absolute Gasteiger partial charge is 0.343 e. The topological polar surface area (TPSA) is 35.5 Å². The van der Waals surface area contributed by atoms with E-state index in [1.165, 1.54) is 5.56 Å². The molecule has 23 heavy (non-hydrogen) atoms. The van der Waals surface area contributed by atoms with E-state index in [1.807, 2.05) is 68.5 Å². The molecule has 0 fully saturated rings. The molecule has 1 aliphatic heterocycles. The molecule has 0 amide bonds. The average Bonchev–Trinajstić information content (AvgIpc) is 2.91. The molecule has 1 aliphatic rings. The highest BCUT2D eigenvalue weighted by Crippen LogP contribution is 2.27. The summed E-state index contributed by atoms with van der Waals surface area (Å²) in [5, 5.41) is 0. The molecule has 1 heterocycles. The largest absolute Gasteiger partial charge is 0.494 e. The van der Waals surface area contributed by atoms with Crippen LogP contribution in [0.5, 0.6) is 5.75 Å². The molecule has 0 N–H and O–H groups in total. The van der Waals surface area contributed by atoms with Crippen molar-refractivity contribution in [2.45, 2.75) is 13.8 Å². The Bertz CT molecular complexity index is 766. The van der Waals surface area contributed by atoms with Gasteiger partial charge in [-0.15, -0.1) is 0 Å². The molecule has 0 spiro atoms. The molecule has 2 aromatic rings. The second-order valence-electron chi connectivity index (χ2n) is 5.37. The van der Waals surface area contributed by atoms with Gasteiger partial charge in [-0.3, -0.25) is 0 Å². The highest BCUT2D eigenvalue weighted by Gasteiger charge is 2.21. The number of aryl methyl sites for hydroxylation is 1. The van der Waals surface area contributed by atoms with Crippen molar-refractivity contribution in [1.82, 2.24) is 0 Å². The van der Waals surface area contributed by atoms with E-state index in [-0.39, 0.29) is 5.97 Å². The van der Waals surface area contributed by atoms with Crippen molar-refractivity contribution in [3.63, 3.8) is 0 Å². The molecular formula is C20H18O3. The van der Waals surface area contributed by atoms with E-state index in [0.29, 0.717) is 17.9 Å². The van der Waals surface area contributed by atoms with E-state index in [0.717, 1.165) is 16.9 Å². The molecule has 3 rings (SSSR count). The Labute approximate surface area is 135 Å². The Balaban J connectivity index is 1.84. The lowest BCUT2D eigenvalue weighted by Crippen LogP contribution is -1.97. The molecular weight excluding hydrogens is 288 g/mol. The standard InChI is InChI=1S/C20H18O3/c1-3-22-18-10-6-15(7-11-18)12-17-13-19(23-20(17)21)16-8-4-14(2)5-9-16/h4-13H,3H2,1-2H3. The Morgan fingerprint density at radius 3 is 2.39 bits per heavy atom. The number of ether oxygens (including phenoxy) is 2. The fourth-order valence-electron chi connectivity index (χ4n) is 2.36. The molecule has 0 unspecified atom stereocenters. The van der Waals surface area contributed by atoms with Crippen LogP contribution in [0.2, 0.25) is 0 Å². The summed E-state index contributed by atoms with van der Waals surface area (Å²) in [7, 11) is 0. The molecule has 3 heteroatoms. The average molecular weight is 306 g/mol. The fourth-order valence-corrected chi connectivity index (χ4v) is 2.36. The minimum Gasteiger partial charge on any atom is -0.494 e. The summed E-state index contributed by atoms with van der Waals surface area (Å²) < 4.78 is 10.8. The van der Waals surface area contributed by atoms with Crippen LogP contribution in [0, 0.1) is 6.92 Å². The van der Waals surface area contributed by atoms with Crippen LogP contribution in [0.15, 0.2) is 60.2 Å². The molecule has 0 bridgehead atoms. The molecule has 116 valence electrons. The Kier molecular flexibility index (Phi) is 4.29. The second kappa shape index (κ2) is 6.53. The fraction of sp³-hybridized carbons (Fsp3) is 0.150. The normalized spacial score (nSPS) is 15.5. The lowest BCUT2D eigenvalue weighted by molar-refractivity contribution is -0.130. The summed E-state index contributed by atoms with van der Waals surface area (Å²) in [6, 6.07) is 15.5. The number of hydrogen-bond acceptors (Lipinski definition) is 3. The van der Waals surface area contributed by atoms with Crippen LogP contribution in [0.1, 0.15) is 23.6 Å². The number of rotatable bonds is 4. The SMILES string of the molecule is CCOc1ccc(C=C2C=C(c3ccc(C)cc3)OC2=O)cc1. The lowest BCUT2D eigenvalue weighted by Gasteiger charge is -2.02. The van der Waals surface area contributed by atoms with Gasteiger partial charge in [-0.2, -0.15) is 0 Å². The first-order chi connectivity index (χ1) is 11.2. The van der Waals surface area contributed by atoms with Gasteiger partial charge in [0.1, 0.15) is 11.5 Å². The highest BCUT2D eigenvalue weighted by molar-refractivity contribution is 6.05. The molecule has 2 aromatic carbocycles. The van der Waals surface area contributed by atoms with Crippen LogP contribution in [0.3, 0.4) is 0 Å². The summed E-state index contributed by atoms with van der Waals surface area (Å²) in [6.07, 6.45) is 3.60. The van der Waals surface area contributed by atoms with Gasteiger partial charge >= 0.3 is 5.97 Å². The Morgan fingerprint density at radius 2 is 1.74 bits per heavy atom. The number of carbonyl (C=O) groups excluding carboxylic acids is 1. The highest BCUT2D eigenvalue weighted by atomic mass is 16.5. The van der Waals surface area contributed by atoms with Gasteiger partial charge in [0.25, 0.3) is 0 Å². The quantitative estimate of drug-likeness (QED) is 0.621. The van der Waals surface area contributed by atoms with Gasteiger partial charge in [-0.1, -0.05) is 42.0 Å². The molecule has 0 atom stereocenters. The number of carbonyl (C=O) groups is 1. The van der Waals surface area contributed by atoms with Crippen molar-refractivity contribution >= 4 is 17.8 Å². The first-order valence-corrected chi connectivity index (χ1v) is 7.61. The third kappa shape index (κ3) is 3.51. The first-order valence-electron chi connectivity index (χ1n) is 7.61. The van der Waals surface area contributed by atoms with Gasteiger partial charge in [0, 0.05) is 5.56 Å². The second-order valence-corrected chi connectivity index (χ2v) is 5.37. The summed E-state index contributed by atoms with van der Waals surface area (Å²) in [6.45, 7) is 4.60. The van der Waals surface area contributed by atoms with Crippen LogP contribution < -0.4 is 4.74 Å². The van der Waals surface area contributed by atoms with Crippen LogP contribution in [-0.2, 0) is 9.53 Å². The summed E-state index contributed by atoms with van der Waals surface area (Å²) in [5.74, 6) is 1.08. The Morgan fingerprint density at radius 1 is 1.04 bits per heavy atom. The number of cyclic esters (lactones) is 1.